The molecule has 42 heavy (non-hydrogen) atoms. The molecule has 0 saturated heterocycles. The molecule has 0 spiro atoms. The second-order valence-corrected chi connectivity index (χ2v) is 9.80. The van der Waals surface area contributed by atoms with Crippen LogP contribution in [0.15, 0.2) is 108 Å². The van der Waals surface area contributed by atoms with Gasteiger partial charge in [0.15, 0.2) is 0 Å². The van der Waals surface area contributed by atoms with Crippen molar-refractivity contribution in [2.45, 2.75) is 4.90 Å². The highest BCUT2D eigenvalue weighted by Crippen LogP contribution is 2.24. The molecule has 0 bridgehead atoms. The maximum Gasteiger partial charge on any atom is 0.339 e. The number of carbonyl (C=O) groups is 4. The first kappa shape index (κ1) is 29.6. The number of carboxylic acid groups (broad SMARTS) is 1. The van der Waals surface area contributed by atoms with Crippen molar-refractivity contribution in [1.29, 1.82) is 0 Å². The second kappa shape index (κ2) is 13.8. The quantitative estimate of drug-likeness (QED) is 0.0956. The standard InChI is InChI=1S/C31H24FN3O6S/c32-25-12-5-4-9-20(25)15-26(35-29(38)19-7-2-1-3-8-19)30(39)34-21-10-6-11-23(16-21)42-18-28(37)33-22-13-14-27(36)24(17-22)31(40)41/h1-17,36H,18H2,(H,33,37)(H,34,39)(H,35,38)(H,40,41)/b26-15-. The summed E-state index contributed by atoms with van der Waals surface area (Å²) in [7, 11) is 0. The van der Waals surface area contributed by atoms with E-state index in [1.54, 1.807) is 60.7 Å². The summed E-state index contributed by atoms with van der Waals surface area (Å²) in [5.41, 5.74) is 0.476. The van der Waals surface area contributed by atoms with Gasteiger partial charge in [0.2, 0.25) is 5.91 Å². The van der Waals surface area contributed by atoms with E-state index in [0.717, 1.165) is 17.8 Å². The molecule has 0 fully saturated rings. The normalized spacial score (nSPS) is 10.9. The van der Waals surface area contributed by atoms with E-state index in [1.807, 2.05) is 0 Å². The van der Waals surface area contributed by atoms with Crippen LogP contribution in [-0.4, -0.2) is 39.7 Å². The number of rotatable bonds is 10. The van der Waals surface area contributed by atoms with Crippen molar-refractivity contribution >= 4 is 52.9 Å². The van der Waals surface area contributed by atoms with Gasteiger partial charge in [-0.15, -0.1) is 11.8 Å². The highest BCUT2D eigenvalue weighted by atomic mass is 32.2. The van der Waals surface area contributed by atoms with Gasteiger partial charge in [-0.05, 0) is 60.7 Å². The SMILES string of the molecule is O=C(CSc1cccc(NC(=O)/C(=C/c2ccccc2F)NC(=O)c2ccccc2)c1)Nc1ccc(O)c(C(=O)O)c1. The molecule has 0 unspecified atom stereocenters. The van der Waals surface area contributed by atoms with Gasteiger partial charge in [0, 0.05) is 27.4 Å². The average Bonchev–Trinajstić information content (AvgIpc) is 2.98. The molecule has 0 aromatic heterocycles. The van der Waals surface area contributed by atoms with Crippen LogP contribution < -0.4 is 16.0 Å². The Balaban J connectivity index is 1.44. The third-order valence-electron chi connectivity index (χ3n) is 5.71. The maximum absolute atomic E-state index is 14.4. The van der Waals surface area contributed by atoms with Crippen molar-refractivity contribution in [3.63, 3.8) is 0 Å². The molecular weight excluding hydrogens is 561 g/mol. The number of phenols is 1. The fourth-order valence-electron chi connectivity index (χ4n) is 3.68. The fourth-order valence-corrected chi connectivity index (χ4v) is 4.44. The zero-order valence-electron chi connectivity index (χ0n) is 21.8. The van der Waals surface area contributed by atoms with E-state index >= 15 is 0 Å². The van der Waals surface area contributed by atoms with Crippen LogP contribution in [0.25, 0.3) is 6.08 Å². The highest BCUT2D eigenvalue weighted by molar-refractivity contribution is 8.00. The molecule has 4 aromatic rings. The Kier molecular flexibility index (Phi) is 9.69. The Morgan fingerprint density at radius 3 is 2.26 bits per heavy atom. The number of carboxylic acids is 1. The molecule has 0 aliphatic carbocycles. The monoisotopic (exact) mass is 585 g/mol. The number of carbonyl (C=O) groups excluding carboxylic acids is 3. The summed E-state index contributed by atoms with van der Waals surface area (Å²) in [5, 5.41) is 26.6. The van der Waals surface area contributed by atoms with Crippen molar-refractivity contribution in [1.82, 2.24) is 5.32 Å². The van der Waals surface area contributed by atoms with Gasteiger partial charge in [0.1, 0.15) is 22.8 Å². The second-order valence-electron chi connectivity index (χ2n) is 8.76. The highest BCUT2D eigenvalue weighted by Gasteiger charge is 2.17. The van der Waals surface area contributed by atoms with Gasteiger partial charge in [-0.25, -0.2) is 9.18 Å². The molecule has 212 valence electrons. The van der Waals surface area contributed by atoms with Crippen LogP contribution in [0.2, 0.25) is 0 Å². The molecule has 0 aliphatic rings. The van der Waals surface area contributed by atoms with E-state index in [0.29, 0.717) is 16.1 Å². The first-order chi connectivity index (χ1) is 20.2. The summed E-state index contributed by atoms with van der Waals surface area (Å²) >= 11 is 1.16. The molecular formula is C31H24FN3O6S. The molecule has 4 aromatic carbocycles. The van der Waals surface area contributed by atoms with Gasteiger partial charge < -0.3 is 26.2 Å². The molecule has 0 aliphatic heterocycles. The average molecular weight is 586 g/mol. The number of halogens is 1. The van der Waals surface area contributed by atoms with Crippen molar-refractivity contribution in [3.8, 4) is 5.75 Å². The molecule has 0 heterocycles. The summed E-state index contributed by atoms with van der Waals surface area (Å²) in [6, 6.07) is 24.4. The lowest BCUT2D eigenvalue weighted by atomic mass is 10.1. The van der Waals surface area contributed by atoms with E-state index in [2.05, 4.69) is 16.0 Å². The largest absolute Gasteiger partial charge is 0.507 e. The summed E-state index contributed by atoms with van der Waals surface area (Å²) in [4.78, 5) is 50.3. The first-order valence-corrected chi connectivity index (χ1v) is 13.4. The Morgan fingerprint density at radius 2 is 1.52 bits per heavy atom. The van der Waals surface area contributed by atoms with Crippen LogP contribution in [0.4, 0.5) is 15.8 Å². The molecule has 0 atom stereocenters. The predicted octanol–water partition coefficient (Wildman–Crippen LogP) is 5.37. The fraction of sp³-hybridized carbons (Fsp3) is 0.0323. The Hall–Kier alpha value is -5.42. The van der Waals surface area contributed by atoms with Gasteiger partial charge >= 0.3 is 5.97 Å². The molecule has 3 amide bonds. The van der Waals surface area contributed by atoms with Gasteiger partial charge in [-0.2, -0.15) is 0 Å². The molecule has 4 rings (SSSR count). The number of thioether (sulfide) groups is 1. The lowest BCUT2D eigenvalue weighted by Gasteiger charge is -2.12. The zero-order valence-corrected chi connectivity index (χ0v) is 22.7. The Labute approximate surface area is 244 Å². The number of aromatic hydroxyl groups is 1. The minimum absolute atomic E-state index is 0.0355. The van der Waals surface area contributed by atoms with E-state index < -0.39 is 35.3 Å². The number of hydrogen-bond donors (Lipinski definition) is 5. The summed E-state index contributed by atoms with van der Waals surface area (Å²) in [5.74, 6) is -4.01. The summed E-state index contributed by atoms with van der Waals surface area (Å²) < 4.78 is 14.4. The topological polar surface area (TPSA) is 145 Å². The van der Waals surface area contributed by atoms with Gasteiger partial charge in [0.05, 0.1) is 5.75 Å². The van der Waals surface area contributed by atoms with Crippen molar-refractivity contribution < 1.29 is 33.8 Å². The Morgan fingerprint density at radius 1 is 0.810 bits per heavy atom. The number of hydrogen-bond acceptors (Lipinski definition) is 6. The minimum atomic E-state index is -1.33. The lowest BCUT2D eigenvalue weighted by Crippen LogP contribution is -2.30. The van der Waals surface area contributed by atoms with Crippen LogP contribution in [0.1, 0.15) is 26.3 Å². The molecule has 11 heteroatoms. The van der Waals surface area contributed by atoms with E-state index in [9.17, 15) is 28.7 Å². The van der Waals surface area contributed by atoms with Gasteiger partial charge in [-0.3, -0.25) is 14.4 Å². The van der Waals surface area contributed by atoms with Crippen LogP contribution in [0.3, 0.4) is 0 Å². The number of nitrogens with one attached hydrogen (secondary N) is 3. The number of benzene rings is 4. The summed E-state index contributed by atoms with van der Waals surface area (Å²) in [6.45, 7) is 0. The minimum Gasteiger partial charge on any atom is -0.507 e. The lowest BCUT2D eigenvalue weighted by molar-refractivity contribution is -0.114. The zero-order chi connectivity index (χ0) is 30.1. The maximum atomic E-state index is 14.4. The third-order valence-corrected chi connectivity index (χ3v) is 6.70. The van der Waals surface area contributed by atoms with Gasteiger partial charge in [-0.1, -0.05) is 42.5 Å². The van der Waals surface area contributed by atoms with Crippen molar-refractivity contribution in [3.05, 3.63) is 125 Å². The van der Waals surface area contributed by atoms with E-state index in [1.165, 1.54) is 36.4 Å². The van der Waals surface area contributed by atoms with E-state index in [-0.39, 0.29) is 28.3 Å². The van der Waals surface area contributed by atoms with Crippen LogP contribution in [-0.2, 0) is 9.59 Å². The molecule has 9 nitrogen and oxygen atoms in total. The number of amides is 3. The summed E-state index contributed by atoms with van der Waals surface area (Å²) in [6.07, 6.45) is 1.24. The van der Waals surface area contributed by atoms with E-state index in [4.69, 9.17) is 5.11 Å². The smallest absolute Gasteiger partial charge is 0.339 e. The molecule has 0 radical (unpaired) electrons. The van der Waals surface area contributed by atoms with Crippen molar-refractivity contribution in [2.24, 2.45) is 0 Å². The van der Waals surface area contributed by atoms with Crippen LogP contribution in [0.5, 0.6) is 5.75 Å². The Bertz CT molecular complexity index is 1680. The third kappa shape index (κ3) is 8.05. The number of anilines is 2. The molecule has 5 N–H and O–H groups in total. The molecule has 0 saturated carbocycles. The van der Waals surface area contributed by atoms with Crippen LogP contribution in [0, 0.1) is 5.82 Å². The van der Waals surface area contributed by atoms with Gasteiger partial charge in [0.25, 0.3) is 11.8 Å². The predicted molar refractivity (Wildman–Crippen MR) is 158 cm³/mol. The first-order valence-electron chi connectivity index (χ1n) is 12.4. The number of aromatic carboxylic acids is 1. The van der Waals surface area contributed by atoms with Crippen molar-refractivity contribution in [2.75, 3.05) is 16.4 Å². The van der Waals surface area contributed by atoms with Crippen LogP contribution >= 0.6 is 11.8 Å².